The molecule has 2 rings (SSSR count). The van der Waals surface area contributed by atoms with Crippen molar-refractivity contribution < 1.29 is 0 Å². The van der Waals surface area contributed by atoms with E-state index in [1.165, 1.54) is 9.13 Å². The van der Waals surface area contributed by atoms with E-state index in [2.05, 4.69) is 40.8 Å². The van der Waals surface area contributed by atoms with Gasteiger partial charge in [-0.25, -0.2) is 0 Å². The molecule has 0 atom stereocenters. The van der Waals surface area contributed by atoms with E-state index in [1.54, 1.807) is 0 Å². The Bertz CT molecular complexity index is 509. The molecule has 0 bridgehead atoms. The third-order valence-corrected chi connectivity index (χ3v) is 3.14. The van der Waals surface area contributed by atoms with Crippen LogP contribution >= 0.6 is 22.6 Å². The zero-order valence-electron chi connectivity index (χ0n) is 7.94. The quantitative estimate of drug-likeness (QED) is 0.735. The van der Waals surface area contributed by atoms with E-state index in [1.807, 2.05) is 36.4 Å². The van der Waals surface area contributed by atoms with E-state index in [0.29, 0.717) is 5.56 Å². The van der Waals surface area contributed by atoms with Crippen molar-refractivity contribution in [3.05, 3.63) is 57.7 Å². The number of benzene rings is 2. The van der Waals surface area contributed by atoms with Crippen molar-refractivity contribution >= 4 is 22.6 Å². The smallest absolute Gasteiger partial charge is 0.0991 e. The van der Waals surface area contributed by atoms with Crippen LogP contribution in [-0.4, -0.2) is 0 Å². The molecule has 15 heavy (non-hydrogen) atoms. The summed E-state index contributed by atoms with van der Waals surface area (Å²) in [5.41, 5.74) is 3.06. The molecule has 0 aliphatic rings. The topological polar surface area (TPSA) is 23.8 Å². The molecular formula is C13H8IN. The lowest BCUT2D eigenvalue weighted by Gasteiger charge is -2.03. The summed E-state index contributed by atoms with van der Waals surface area (Å²) in [5.74, 6) is 0. The summed E-state index contributed by atoms with van der Waals surface area (Å²) in [4.78, 5) is 0. The van der Waals surface area contributed by atoms with Crippen LogP contribution in [0, 0.1) is 14.9 Å². The molecule has 0 spiro atoms. The van der Waals surface area contributed by atoms with Gasteiger partial charge in [-0.1, -0.05) is 30.3 Å². The number of rotatable bonds is 1. The Morgan fingerprint density at radius 2 is 1.60 bits per heavy atom. The van der Waals surface area contributed by atoms with Crippen LogP contribution in [0.4, 0.5) is 0 Å². The minimum absolute atomic E-state index is 0.699. The van der Waals surface area contributed by atoms with Crippen LogP contribution in [0.2, 0.25) is 0 Å². The summed E-state index contributed by atoms with van der Waals surface area (Å²) in [6.45, 7) is 0. The number of hydrogen-bond donors (Lipinski definition) is 0. The first-order valence-corrected chi connectivity index (χ1v) is 5.64. The lowest BCUT2D eigenvalue weighted by atomic mass is 10.0. The molecule has 0 saturated carbocycles. The molecule has 0 fully saturated rings. The Labute approximate surface area is 103 Å². The van der Waals surface area contributed by atoms with E-state index < -0.39 is 0 Å². The molecule has 0 aliphatic carbocycles. The van der Waals surface area contributed by atoms with E-state index in [-0.39, 0.29) is 0 Å². The molecule has 0 heterocycles. The van der Waals surface area contributed by atoms with E-state index in [0.717, 1.165) is 5.56 Å². The predicted molar refractivity (Wildman–Crippen MR) is 69.3 cm³/mol. The lowest BCUT2D eigenvalue weighted by Crippen LogP contribution is -1.82. The molecule has 1 nitrogen and oxygen atoms in total. The average molecular weight is 305 g/mol. The first-order chi connectivity index (χ1) is 7.31. The van der Waals surface area contributed by atoms with Gasteiger partial charge >= 0.3 is 0 Å². The average Bonchev–Trinajstić information content (AvgIpc) is 2.30. The molecule has 0 saturated heterocycles. The van der Waals surface area contributed by atoms with Crippen molar-refractivity contribution in [2.24, 2.45) is 0 Å². The monoisotopic (exact) mass is 305 g/mol. The zero-order valence-corrected chi connectivity index (χ0v) is 10.1. The van der Waals surface area contributed by atoms with Crippen LogP contribution in [0.1, 0.15) is 5.56 Å². The van der Waals surface area contributed by atoms with Gasteiger partial charge in [0.05, 0.1) is 11.6 Å². The molecule has 0 radical (unpaired) electrons. The Hall–Kier alpha value is -1.34. The van der Waals surface area contributed by atoms with Gasteiger partial charge in [-0.05, 0) is 51.9 Å². The molecule has 0 amide bonds. The van der Waals surface area contributed by atoms with Crippen LogP contribution in [0.3, 0.4) is 0 Å². The van der Waals surface area contributed by atoms with Gasteiger partial charge in [-0.3, -0.25) is 0 Å². The highest BCUT2D eigenvalue weighted by atomic mass is 127. The third-order valence-electron chi connectivity index (χ3n) is 2.20. The number of nitriles is 1. The highest BCUT2D eigenvalue weighted by molar-refractivity contribution is 14.1. The van der Waals surface area contributed by atoms with Gasteiger partial charge in [-0.2, -0.15) is 5.26 Å². The fourth-order valence-corrected chi connectivity index (χ4v) is 2.12. The van der Waals surface area contributed by atoms with Crippen LogP contribution < -0.4 is 0 Å². The molecule has 2 aromatic rings. The largest absolute Gasteiger partial charge is 0.192 e. The van der Waals surface area contributed by atoms with Crippen molar-refractivity contribution in [2.45, 2.75) is 0 Å². The minimum Gasteiger partial charge on any atom is -0.192 e. The van der Waals surface area contributed by atoms with Gasteiger partial charge in [0.15, 0.2) is 0 Å². The van der Waals surface area contributed by atoms with Crippen molar-refractivity contribution in [3.63, 3.8) is 0 Å². The number of nitrogens with zero attached hydrogens (tertiary/aromatic N) is 1. The van der Waals surface area contributed by atoms with Gasteiger partial charge in [0.1, 0.15) is 0 Å². The predicted octanol–water partition coefficient (Wildman–Crippen LogP) is 3.83. The summed E-state index contributed by atoms with van der Waals surface area (Å²) < 4.78 is 1.22. The summed E-state index contributed by atoms with van der Waals surface area (Å²) in [6.07, 6.45) is 0. The van der Waals surface area contributed by atoms with Crippen molar-refractivity contribution in [1.82, 2.24) is 0 Å². The normalized spacial score (nSPS) is 9.60. The molecule has 0 aliphatic heterocycles. The van der Waals surface area contributed by atoms with Gasteiger partial charge in [0.25, 0.3) is 0 Å². The van der Waals surface area contributed by atoms with Gasteiger partial charge in [0, 0.05) is 3.57 Å². The molecule has 0 aromatic heterocycles. The van der Waals surface area contributed by atoms with Crippen LogP contribution in [-0.2, 0) is 0 Å². The maximum Gasteiger partial charge on any atom is 0.0991 e. The second-order valence-electron chi connectivity index (χ2n) is 3.17. The third kappa shape index (κ3) is 2.18. The summed E-state index contributed by atoms with van der Waals surface area (Å²) in [5, 5.41) is 8.70. The zero-order chi connectivity index (χ0) is 10.7. The molecule has 0 unspecified atom stereocenters. The second kappa shape index (κ2) is 4.45. The first-order valence-electron chi connectivity index (χ1n) is 4.56. The highest BCUT2D eigenvalue weighted by Gasteiger charge is 2.01. The Kier molecular flexibility index (Phi) is 3.02. The van der Waals surface area contributed by atoms with Crippen LogP contribution in [0.5, 0.6) is 0 Å². The molecule has 72 valence electrons. The Morgan fingerprint density at radius 1 is 0.933 bits per heavy atom. The fraction of sp³-hybridized carbons (Fsp3) is 0. The lowest BCUT2D eigenvalue weighted by molar-refractivity contribution is 1.48. The molecule has 0 N–H and O–H groups in total. The van der Waals surface area contributed by atoms with Crippen LogP contribution in [0.25, 0.3) is 11.1 Å². The number of halogens is 1. The SMILES string of the molecule is N#Cc1ccc(-c2ccccc2I)cc1. The number of hydrogen-bond acceptors (Lipinski definition) is 1. The maximum atomic E-state index is 8.70. The molecular weight excluding hydrogens is 297 g/mol. The van der Waals surface area contributed by atoms with Crippen molar-refractivity contribution in [1.29, 1.82) is 5.26 Å². The van der Waals surface area contributed by atoms with Gasteiger partial charge in [0.2, 0.25) is 0 Å². The van der Waals surface area contributed by atoms with Gasteiger partial charge in [-0.15, -0.1) is 0 Å². The molecule has 2 aromatic carbocycles. The fourth-order valence-electron chi connectivity index (χ4n) is 1.42. The van der Waals surface area contributed by atoms with Gasteiger partial charge < -0.3 is 0 Å². The summed E-state index contributed by atoms with van der Waals surface area (Å²) >= 11 is 2.32. The standard InChI is InChI=1S/C13H8IN/c14-13-4-2-1-3-12(13)11-7-5-10(9-15)6-8-11/h1-8H. The van der Waals surface area contributed by atoms with E-state index in [4.69, 9.17) is 5.26 Å². The Balaban J connectivity index is 2.47. The first kappa shape index (κ1) is 10.2. The summed E-state index contributed by atoms with van der Waals surface area (Å²) in [6, 6.07) is 18.0. The second-order valence-corrected chi connectivity index (χ2v) is 4.33. The van der Waals surface area contributed by atoms with Crippen molar-refractivity contribution in [3.8, 4) is 17.2 Å². The van der Waals surface area contributed by atoms with Crippen molar-refractivity contribution in [2.75, 3.05) is 0 Å². The minimum atomic E-state index is 0.699. The van der Waals surface area contributed by atoms with Crippen LogP contribution in [0.15, 0.2) is 48.5 Å². The highest BCUT2D eigenvalue weighted by Crippen LogP contribution is 2.24. The van der Waals surface area contributed by atoms with E-state index in [9.17, 15) is 0 Å². The summed E-state index contributed by atoms with van der Waals surface area (Å²) in [7, 11) is 0. The molecule has 2 heteroatoms. The van der Waals surface area contributed by atoms with E-state index >= 15 is 0 Å². The maximum absolute atomic E-state index is 8.70. The Morgan fingerprint density at radius 3 is 2.20 bits per heavy atom.